The normalized spacial score (nSPS) is 11.1. The maximum absolute atomic E-state index is 9.54. The van der Waals surface area contributed by atoms with Crippen molar-refractivity contribution in [1.29, 1.82) is 5.26 Å². The smallest absolute Gasteiger partial charge is 0.113 e. The maximum atomic E-state index is 9.54. The molecule has 0 fully saturated rings. The van der Waals surface area contributed by atoms with Crippen LogP contribution in [0.15, 0.2) is 66.7 Å². The molecule has 0 N–H and O–H groups in total. The van der Waals surface area contributed by atoms with Gasteiger partial charge in [-0.25, -0.2) is 9.36 Å². The first-order chi connectivity index (χ1) is 13.3. The van der Waals surface area contributed by atoms with Crippen molar-refractivity contribution in [1.82, 2.24) is 30.0 Å². The molecule has 0 saturated heterocycles. The number of fused-ring (bicyclic) bond motifs is 2. The zero-order valence-corrected chi connectivity index (χ0v) is 14.2. The Morgan fingerprint density at radius 2 is 1.52 bits per heavy atom. The predicted molar refractivity (Wildman–Crippen MR) is 100 cm³/mol. The lowest BCUT2D eigenvalue weighted by molar-refractivity contribution is 0.669. The van der Waals surface area contributed by atoms with E-state index in [4.69, 9.17) is 0 Å². The van der Waals surface area contributed by atoms with Crippen LogP contribution in [0.25, 0.3) is 27.8 Å². The van der Waals surface area contributed by atoms with Crippen molar-refractivity contribution in [3.8, 4) is 11.8 Å². The highest BCUT2D eigenvalue weighted by atomic mass is 15.4. The molecule has 7 heteroatoms. The van der Waals surface area contributed by atoms with Gasteiger partial charge in [0.25, 0.3) is 0 Å². The van der Waals surface area contributed by atoms with Crippen molar-refractivity contribution in [2.45, 2.75) is 6.54 Å². The summed E-state index contributed by atoms with van der Waals surface area (Å²) in [5.74, 6) is 0. The molecule has 27 heavy (non-hydrogen) atoms. The molecule has 0 aliphatic heterocycles. The molecular formula is C20H13N7. The van der Waals surface area contributed by atoms with Gasteiger partial charge in [0, 0.05) is 0 Å². The lowest BCUT2D eigenvalue weighted by atomic mass is 10.1. The molecule has 0 radical (unpaired) electrons. The Bertz CT molecular complexity index is 1320. The lowest BCUT2D eigenvalue weighted by Crippen LogP contribution is -2.05. The zero-order chi connectivity index (χ0) is 18.2. The standard InChI is InChI=1S/C20H13N7/c21-12-15-10-9-14(13-26-18-7-3-1-5-16(18)22-24-26)11-20(15)27-19-8-4-2-6-17(19)23-25-27/h1-11H,13H2. The minimum absolute atomic E-state index is 0.540. The van der Waals surface area contributed by atoms with Crippen molar-refractivity contribution in [2.75, 3.05) is 0 Å². The molecule has 0 aliphatic rings. The number of para-hydroxylation sites is 2. The van der Waals surface area contributed by atoms with Crippen LogP contribution >= 0.6 is 0 Å². The molecule has 0 aliphatic carbocycles. The van der Waals surface area contributed by atoms with Crippen LogP contribution in [0, 0.1) is 11.3 Å². The van der Waals surface area contributed by atoms with Gasteiger partial charge in [0.1, 0.15) is 17.1 Å². The Hall–Kier alpha value is -4.05. The minimum Gasteiger partial charge on any atom is -0.240 e. The zero-order valence-electron chi connectivity index (χ0n) is 14.2. The van der Waals surface area contributed by atoms with Gasteiger partial charge < -0.3 is 0 Å². The quantitative estimate of drug-likeness (QED) is 0.499. The number of nitriles is 1. The summed E-state index contributed by atoms with van der Waals surface area (Å²) in [7, 11) is 0. The Balaban J connectivity index is 1.62. The van der Waals surface area contributed by atoms with Crippen LogP contribution in [0.4, 0.5) is 0 Å². The molecule has 3 aromatic carbocycles. The van der Waals surface area contributed by atoms with Crippen LogP contribution in [0.2, 0.25) is 0 Å². The van der Waals surface area contributed by atoms with Crippen molar-refractivity contribution in [3.63, 3.8) is 0 Å². The molecule has 0 amide bonds. The molecule has 5 rings (SSSR count). The summed E-state index contributed by atoms with van der Waals surface area (Å²) < 4.78 is 3.55. The Morgan fingerprint density at radius 3 is 2.33 bits per heavy atom. The van der Waals surface area contributed by atoms with E-state index in [0.717, 1.165) is 27.6 Å². The highest BCUT2D eigenvalue weighted by molar-refractivity contribution is 5.77. The molecule has 0 bridgehead atoms. The molecule has 0 spiro atoms. The molecule has 7 nitrogen and oxygen atoms in total. The molecule has 128 valence electrons. The second kappa shape index (κ2) is 6.04. The van der Waals surface area contributed by atoms with E-state index in [1.165, 1.54) is 0 Å². The topological polar surface area (TPSA) is 85.2 Å². The molecule has 0 atom stereocenters. The van der Waals surface area contributed by atoms with Crippen LogP contribution < -0.4 is 0 Å². The fourth-order valence-electron chi connectivity index (χ4n) is 3.20. The number of rotatable bonds is 3. The molecular weight excluding hydrogens is 338 g/mol. The molecule has 0 unspecified atom stereocenters. The van der Waals surface area contributed by atoms with Crippen LogP contribution in [0.3, 0.4) is 0 Å². The first-order valence-electron chi connectivity index (χ1n) is 8.45. The fourth-order valence-corrected chi connectivity index (χ4v) is 3.20. The summed E-state index contributed by atoms with van der Waals surface area (Å²) >= 11 is 0. The highest BCUT2D eigenvalue weighted by Gasteiger charge is 2.12. The summed E-state index contributed by atoms with van der Waals surface area (Å²) in [6.45, 7) is 0.547. The second-order valence-electron chi connectivity index (χ2n) is 6.19. The third kappa shape index (κ3) is 2.51. The van der Waals surface area contributed by atoms with E-state index in [1.807, 2.05) is 65.3 Å². The van der Waals surface area contributed by atoms with Gasteiger partial charge in [-0.2, -0.15) is 5.26 Å². The van der Waals surface area contributed by atoms with Gasteiger partial charge in [-0.15, -0.1) is 10.2 Å². The van der Waals surface area contributed by atoms with Gasteiger partial charge in [0.05, 0.1) is 28.8 Å². The fraction of sp³-hybridized carbons (Fsp3) is 0.0500. The first-order valence-corrected chi connectivity index (χ1v) is 8.45. The van der Waals surface area contributed by atoms with E-state index in [1.54, 1.807) is 10.7 Å². The number of hydrogen-bond donors (Lipinski definition) is 0. The Kier molecular flexibility index (Phi) is 3.40. The van der Waals surface area contributed by atoms with E-state index in [2.05, 4.69) is 26.7 Å². The molecule has 2 heterocycles. The van der Waals surface area contributed by atoms with Gasteiger partial charge in [0.2, 0.25) is 0 Å². The van der Waals surface area contributed by atoms with Crippen molar-refractivity contribution in [2.24, 2.45) is 0 Å². The Labute approximate surface area is 154 Å². The summed E-state index contributed by atoms with van der Waals surface area (Å²) in [5, 5.41) is 26.4. The van der Waals surface area contributed by atoms with Crippen molar-refractivity contribution in [3.05, 3.63) is 77.9 Å². The minimum atomic E-state index is 0.540. The van der Waals surface area contributed by atoms with Crippen molar-refractivity contribution < 1.29 is 0 Å². The summed E-state index contributed by atoms with van der Waals surface area (Å²) in [6, 6.07) is 23.4. The van der Waals surface area contributed by atoms with Crippen molar-refractivity contribution >= 4 is 22.1 Å². The Morgan fingerprint density at radius 1 is 0.815 bits per heavy atom. The van der Waals surface area contributed by atoms with Crippen LogP contribution in [-0.2, 0) is 6.54 Å². The lowest BCUT2D eigenvalue weighted by Gasteiger charge is -2.09. The second-order valence-corrected chi connectivity index (χ2v) is 6.19. The van der Waals surface area contributed by atoms with Crippen LogP contribution in [0.1, 0.15) is 11.1 Å². The average Bonchev–Trinajstić information content (AvgIpc) is 3.32. The summed E-state index contributed by atoms with van der Waals surface area (Å²) in [5.41, 5.74) is 5.71. The van der Waals surface area contributed by atoms with E-state index < -0.39 is 0 Å². The van der Waals surface area contributed by atoms with E-state index in [0.29, 0.717) is 17.8 Å². The van der Waals surface area contributed by atoms with Gasteiger partial charge in [-0.1, -0.05) is 40.8 Å². The van der Waals surface area contributed by atoms with Gasteiger partial charge in [-0.05, 0) is 42.0 Å². The van der Waals surface area contributed by atoms with E-state index in [9.17, 15) is 5.26 Å². The average molecular weight is 351 g/mol. The predicted octanol–water partition coefficient (Wildman–Crippen LogP) is 3.09. The molecule has 0 saturated carbocycles. The number of aromatic nitrogens is 6. The summed E-state index contributed by atoms with van der Waals surface area (Å²) in [6.07, 6.45) is 0. The van der Waals surface area contributed by atoms with E-state index >= 15 is 0 Å². The maximum Gasteiger partial charge on any atom is 0.113 e. The first kappa shape index (κ1) is 15.2. The SMILES string of the molecule is N#Cc1ccc(Cn2nnc3ccccc32)cc1-n1nnc2ccccc21. The van der Waals surface area contributed by atoms with Gasteiger partial charge in [0.15, 0.2) is 0 Å². The van der Waals surface area contributed by atoms with Gasteiger partial charge >= 0.3 is 0 Å². The summed E-state index contributed by atoms with van der Waals surface area (Å²) in [4.78, 5) is 0. The van der Waals surface area contributed by atoms with Crippen LogP contribution in [0.5, 0.6) is 0 Å². The third-order valence-corrected chi connectivity index (χ3v) is 4.52. The van der Waals surface area contributed by atoms with Gasteiger partial charge in [-0.3, -0.25) is 0 Å². The number of benzene rings is 3. The molecule has 5 aromatic rings. The molecule has 2 aromatic heterocycles. The number of nitrogens with zero attached hydrogens (tertiary/aromatic N) is 7. The number of hydrogen-bond acceptors (Lipinski definition) is 5. The van der Waals surface area contributed by atoms with Crippen LogP contribution in [-0.4, -0.2) is 30.0 Å². The third-order valence-electron chi connectivity index (χ3n) is 4.52. The largest absolute Gasteiger partial charge is 0.240 e. The highest BCUT2D eigenvalue weighted by Crippen LogP contribution is 2.21. The van der Waals surface area contributed by atoms with E-state index in [-0.39, 0.29) is 0 Å². The monoisotopic (exact) mass is 351 g/mol.